The molecule has 2 nitrogen and oxygen atoms in total. The van der Waals surface area contributed by atoms with E-state index < -0.39 is 0 Å². The highest BCUT2D eigenvalue weighted by Gasteiger charge is 1.97. The number of nitrogens with one attached hydrogen (secondary N) is 1. The molecular weight excluding hydrogens is 180 g/mol. The summed E-state index contributed by atoms with van der Waals surface area (Å²) in [6.45, 7) is 2.89. The molecule has 0 aliphatic rings. The highest BCUT2D eigenvalue weighted by Crippen LogP contribution is 2.14. The standard InChI is InChI=1S/C7H11ClN2S/c1-2-6-5-11-7(10-6)9-4-3-8/h5H,2-4H2,1H3,(H,9,10). The van der Waals surface area contributed by atoms with Crippen LogP contribution in [0.5, 0.6) is 0 Å². The zero-order chi connectivity index (χ0) is 8.10. The van der Waals surface area contributed by atoms with Crippen LogP contribution in [0, 0.1) is 0 Å². The number of rotatable bonds is 4. The summed E-state index contributed by atoms with van der Waals surface area (Å²) in [6, 6.07) is 0. The third-order valence-electron chi connectivity index (χ3n) is 1.28. The third-order valence-corrected chi connectivity index (χ3v) is 2.32. The molecule has 0 spiro atoms. The number of halogens is 1. The van der Waals surface area contributed by atoms with E-state index in [0.717, 1.165) is 23.8 Å². The lowest BCUT2D eigenvalue weighted by atomic mass is 10.4. The predicted octanol–water partition coefficient (Wildman–Crippen LogP) is 2.36. The van der Waals surface area contributed by atoms with Crippen LogP contribution in [-0.2, 0) is 6.42 Å². The van der Waals surface area contributed by atoms with Crippen molar-refractivity contribution >= 4 is 28.1 Å². The lowest BCUT2D eigenvalue weighted by Crippen LogP contribution is -2.01. The van der Waals surface area contributed by atoms with Gasteiger partial charge < -0.3 is 5.32 Å². The van der Waals surface area contributed by atoms with Gasteiger partial charge in [-0.2, -0.15) is 0 Å². The molecule has 0 aliphatic carbocycles. The monoisotopic (exact) mass is 190 g/mol. The lowest BCUT2D eigenvalue weighted by molar-refractivity contribution is 1.05. The summed E-state index contributed by atoms with van der Waals surface area (Å²) >= 11 is 7.14. The van der Waals surface area contributed by atoms with E-state index in [9.17, 15) is 0 Å². The smallest absolute Gasteiger partial charge is 0.182 e. The summed E-state index contributed by atoms with van der Waals surface area (Å²) in [5, 5.41) is 6.17. The molecule has 0 unspecified atom stereocenters. The van der Waals surface area contributed by atoms with Gasteiger partial charge >= 0.3 is 0 Å². The highest BCUT2D eigenvalue weighted by molar-refractivity contribution is 7.13. The second-order valence-electron chi connectivity index (χ2n) is 2.11. The number of thiazole rings is 1. The Bertz CT molecular complexity index is 212. The van der Waals surface area contributed by atoms with Crippen molar-refractivity contribution < 1.29 is 0 Å². The van der Waals surface area contributed by atoms with Crippen molar-refractivity contribution in [2.75, 3.05) is 17.7 Å². The van der Waals surface area contributed by atoms with Crippen LogP contribution in [0.3, 0.4) is 0 Å². The van der Waals surface area contributed by atoms with Gasteiger partial charge in [0.15, 0.2) is 5.13 Å². The quantitative estimate of drug-likeness (QED) is 0.738. The van der Waals surface area contributed by atoms with Gasteiger partial charge in [-0.25, -0.2) is 4.98 Å². The second kappa shape index (κ2) is 4.57. The molecule has 1 rings (SSSR count). The molecule has 0 bridgehead atoms. The van der Waals surface area contributed by atoms with Crippen LogP contribution >= 0.6 is 22.9 Å². The maximum Gasteiger partial charge on any atom is 0.182 e. The molecule has 0 amide bonds. The molecule has 0 aromatic carbocycles. The minimum atomic E-state index is 0.626. The van der Waals surface area contributed by atoms with Crippen molar-refractivity contribution in [3.05, 3.63) is 11.1 Å². The minimum absolute atomic E-state index is 0.626. The molecule has 0 atom stereocenters. The van der Waals surface area contributed by atoms with E-state index in [1.54, 1.807) is 11.3 Å². The second-order valence-corrected chi connectivity index (χ2v) is 3.35. The van der Waals surface area contributed by atoms with Crippen molar-refractivity contribution in [2.45, 2.75) is 13.3 Å². The molecule has 62 valence electrons. The van der Waals surface area contributed by atoms with E-state index in [1.165, 1.54) is 0 Å². The Kier molecular flexibility index (Phi) is 3.66. The molecule has 1 N–H and O–H groups in total. The van der Waals surface area contributed by atoms with Gasteiger partial charge in [0.05, 0.1) is 5.69 Å². The molecule has 1 aromatic rings. The zero-order valence-electron chi connectivity index (χ0n) is 6.43. The van der Waals surface area contributed by atoms with Gasteiger partial charge in [-0.05, 0) is 6.42 Å². The summed E-state index contributed by atoms with van der Waals surface area (Å²) in [4.78, 5) is 4.32. The van der Waals surface area contributed by atoms with Crippen LogP contribution in [0.25, 0.3) is 0 Å². The molecule has 1 heterocycles. The Balaban J connectivity index is 2.44. The summed E-state index contributed by atoms with van der Waals surface area (Å²) in [7, 11) is 0. The maximum atomic E-state index is 5.51. The van der Waals surface area contributed by atoms with Crippen LogP contribution in [0.1, 0.15) is 12.6 Å². The Hall–Kier alpha value is -0.280. The van der Waals surface area contributed by atoms with E-state index in [-0.39, 0.29) is 0 Å². The number of aryl methyl sites for hydroxylation is 1. The van der Waals surface area contributed by atoms with Gasteiger partial charge in [0.1, 0.15) is 0 Å². The summed E-state index contributed by atoms with van der Waals surface area (Å²) < 4.78 is 0. The van der Waals surface area contributed by atoms with Crippen molar-refractivity contribution in [1.82, 2.24) is 4.98 Å². The first kappa shape index (κ1) is 8.81. The average molecular weight is 191 g/mol. The van der Waals surface area contributed by atoms with E-state index in [2.05, 4.69) is 22.6 Å². The van der Waals surface area contributed by atoms with Gasteiger partial charge in [-0.3, -0.25) is 0 Å². The van der Waals surface area contributed by atoms with Gasteiger partial charge in [0.25, 0.3) is 0 Å². The minimum Gasteiger partial charge on any atom is -0.360 e. The summed E-state index contributed by atoms with van der Waals surface area (Å²) in [5.41, 5.74) is 1.15. The zero-order valence-corrected chi connectivity index (χ0v) is 8.00. The van der Waals surface area contributed by atoms with E-state index in [0.29, 0.717) is 5.88 Å². The van der Waals surface area contributed by atoms with Crippen LogP contribution in [-0.4, -0.2) is 17.4 Å². The number of hydrogen-bond acceptors (Lipinski definition) is 3. The molecule has 4 heteroatoms. The molecule has 0 radical (unpaired) electrons. The van der Waals surface area contributed by atoms with Crippen LogP contribution < -0.4 is 5.32 Å². The van der Waals surface area contributed by atoms with Gasteiger partial charge in [-0.1, -0.05) is 6.92 Å². The number of hydrogen-bond donors (Lipinski definition) is 1. The molecule has 1 aromatic heterocycles. The Morgan fingerprint density at radius 1 is 1.73 bits per heavy atom. The average Bonchev–Trinajstić information content (AvgIpc) is 2.48. The van der Waals surface area contributed by atoms with Gasteiger partial charge in [0, 0.05) is 17.8 Å². The molecular formula is C7H11ClN2S. The fraction of sp³-hybridized carbons (Fsp3) is 0.571. The van der Waals surface area contributed by atoms with Crippen molar-refractivity contribution in [3.63, 3.8) is 0 Å². The van der Waals surface area contributed by atoms with Crippen LogP contribution in [0.2, 0.25) is 0 Å². The number of nitrogens with zero attached hydrogens (tertiary/aromatic N) is 1. The normalized spacial score (nSPS) is 10.0. The topological polar surface area (TPSA) is 24.9 Å². The largest absolute Gasteiger partial charge is 0.360 e. The molecule has 0 saturated heterocycles. The SMILES string of the molecule is CCc1csc(NCCCl)n1. The Morgan fingerprint density at radius 3 is 3.09 bits per heavy atom. The van der Waals surface area contributed by atoms with E-state index >= 15 is 0 Å². The molecule has 0 fully saturated rings. The summed E-state index contributed by atoms with van der Waals surface area (Å²) in [5.74, 6) is 0.626. The fourth-order valence-electron chi connectivity index (χ4n) is 0.705. The number of aromatic nitrogens is 1. The first-order chi connectivity index (χ1) is 5.36. The maximum absolute atomic E-state index is 5.51. The predicted molar refractivity (Wildman–Crippen MR) is 50.7 cm³/mol. The van der Waals surface area contributed by atoms with Crippen molar-refractivity contribution in [3.8, 4) is 0 Å². The number of alkyl halides is 1. The molecule has 11 heavy (non-hydrogen) atoms. The van der Waals surface area contributed by atoms with Crippen molar-refractivity contribution in [1.29, 1.82) is 0 Å². The number of anilines is 1. The molecule has 0 saturated carbocycles. The Labute approximate surface area is 75.6 Å². The van der Waals surface area contributed by atoms with Gasteiger partial charge in [-0.15, -0.1) is 22.9 Å². The van der Waals surface area contributed by atoms with E-state index in [1.807, 2.05) is 0 Å². The fourth-order valence-corrected chi connectivity index (χ4v) is 1.62. The van der Waals surface area contributed by atoms with Gasteiger partial charge in [0.2, 0.25) is 0 Å². The van der Waals surface area contributed by atoms with Crippen molar-refractivity contribution in [2.24, 2.45) is 0 Å². The summed E-state index contributed by atoms with van der Waals surface area (Å²) in [6.07, 6.45) is 0.999. The van der Waals surface area contributed by atoms with Crippen LogP contribution in [0.4, 0.5) is 5.13 Å². The van der Waals surface area contributed by atoms with Crippen LogP contribution in [0.15, 0.2) is 5.38 Å². The Morgan fingerprint density at radius 2 is 2.55 bits per heavy atom. The highest BCUT2D eigenvalue weighted by atomic mass is 35.5. The van der Waals surface area contributed by atoms with E-state index in [4.69, 9.17) is 11.6 Å². The third kappa shape index (κ3) is 2.67. The first-order valence-electron chi connectivity index (χ1n) is 3.61. The molecule has 0 aliphatic heterocycles. The lowest BCUT2D eigenvalue weighted by Gasteiger charge is -1.95. The first-order valence-corrected chi connectivity index (χ1v) is 5.02.